The molecule has 0 aliphatic heterocycles. The van der Waals surface area contributed by atoms with Gasteiger partial charge in [0.25, 0.3) is 0 Å². The quantitative estimate of drug-likeness (QED) is 0.103. The summed E-state index contributed by atoms with van der Waals surface area (Å²) in [6.45, 7) is 0.801. The standard InChI is InChI=1S/C34H38N6O6/c1-21(34(45)46)38-30(41)20-37-32(43)28(17-23-12-6-3-7-13-23)40-33(44)29(18-24-19-36-27-15-9-8-14-25(24)27)39-31(42)26(35)16-22-10-4-2-5-11-22/h2-15,19,21,26,28-29,36H,16-18,20,35H2,1H3,(H,37,43)(H,38,41)(H,39,42)(H,40,44)(H,45,46)/t21-,26-,28-,29-/m0/s1. The Bertz CT molecular complexity index is 1660. The Morgan fingerprint density at radius 2 is 1.28 bits per heavy atom. The lowest BCUT2D eigenvalue weighted by molar-refractivity contribution is -0.141. The number of nitrogens with one attached hydrogen (secondary N) is 5. The number of hydrogen-bond donors (Lipinski definition) is 7. The highest BCUT2D eigenvalue weighted by atomic mass is 16.4. The summed E-state index contributed by atoms with van der Waals surface area (Å²) in [6, 6.07) is 21.5. The van der Waals surface area contributed by atoms with Crippen LogP contribution in [0, 0.1) is 0 Å². The van der Waals surface area contributed by atoms with Crippen molar-refractivity contribution < 1.29 is 29.1 Å². The molecule has 4 aromatic rings. The van der Waals surface area contributed by atoms with E-state index in [4.69, 9.17) is 10.8 Å². The number of amides is 4. The summed E-state index contributed by atoms with van der Waals surface area (Å²) in [7, 11) is 0. The maximum Gasteiger partial charge on any atom is 0.325 e. The number of hydrogen-bond acceptors (Lipinski definition) is 6. The minimum absolute atomic E-state index is 0.0901. The van der Waals surface area contributed by atoms with E-state index in [1.807, 2.05) is 60.7 Å². The number of benzene rings is 3. The molecule has 4 rings (SSSR count). The van der Waals surface area contributed by atoms with Crippen LogP contribution in [0.4, 0.5) is 0 Å². The molecule has 0 aliphatic carbocycles. The molecule has 0 radical (unpaired) electrons. The molecule has 12 heteroatoms. The second-order valence-corrected chi connectivity index (χ2v) is 11.0. The zero-order valence-electron chi connectivity index (χ0n) is 25.4. The van der Waals surface area contributed by atoms with Crippen molar-refractivity contribution in [1.29, 1.82) is 0 Å². The average molecular weight is 627 g/mol. The molecular weight excluding hydrogens is 588 g/mol. The van der Waals surface area contributed by atoms with Crippen molar-refractivity contribution in [2.75, 3.05) is 6.54 Å². The van der Waals surface area contributed by atoms with E-state index in [9.17, 15) is 24.0 Å². The second kappa shape index (κ2) is 16.0. The third kappa shape index (κ3) is 9.50. The van der Waals surface area contributed by atoms with Crippen molar-refractivity contribution in [1.82, 2.24) is 26.3 Å². The molecule has 12 nitrogen and oxygen atoms in total. The molecule has 46 heavy (non-hydrogen) atoms. The van der Waals surface area contributed by atoms with Crippen LogP contribution in [0.3, 0.4) is 0 Å². The van der Waals surface area contributed by atoms with Crippen LogP contribution in [0.15, 0.2) is 91.1 Å². The lowest BCUT2D eigenvalue weighted by Crippen LogP contribution is -2.57. The van der Waals surface area contributed by atoms with Gasteiger partial charge in [0, 0.05) is 29.9 Å². The second-order valence-electron chi connectivity index (χ2n) is 11.0. The van der Waals surface area contributed by atoms with E-state index in [0.29, 0.717) is 0 Å². The molecule has 0 bridgehead atoms. The Morgan fingerprint density at radius 1 is 0.717 bits per heavy atom. The van der Waals surface area contributed by atoms with Gasteiger partial charge in [-0.25, -0.2) is 0 Å². The molecule has 1 aromatic heterocycles. The first kappa shape index (κ1) is 33.4. The number of aliphatic carboxylic acids is 1. The largest absolute Gasteiger partial charge is 0.480 e. The van der Waals surface area contributed by atoms with Crippen molar-refractivity contribution >= 4 is 40.5 Å². The summed E-state index contributed by atoms with van der Waals surface area (Å²) in [6.07, 6.45) is 2.23. The average Bonchev–Trinajstić information content (AvgIpc) is 3.46. The highest BCUT2D eigenvalue weighted by Crippen LogP contribution is 2.19. The molecular formula is C34H38N6O6. The number of carboxylic acid groups (broad SMARTS) is 1. The first-order valence-corrected chi connectivity index (χ1v) is 14.9. The summed E-state index contributed by atoms with van der Waals surface area (Å²) in [5.41, 5.74) is 9.50. The Kier molecular flexibility index (Phi) is 11.6. The van der Waals surface area contributed by atoms with Crippen LogP contribution in [-0.4, -0.2) is 70.4 Å². The molecule has 1 heterocycles. The lowest BCUT2D eigenvalue weighted by Gasteiger charge is -2.24. The predicted octanol–water partition coefficient (Wildman–Crippen LogP) is 1.20. The number of aromatic amines is 1. The molecule has 0 aliphatic rings. The van der Waals surface area contributed by atoms with Gasteiger partial charge in [-0.05, 0) is 36.1 Å². The maximum atomic E-state index is 13.9. The maximum absolute atomic E-state index is 13.9. The molecule has 4 atom stereocenters. The summed E-state index contributed by atoms with van der Waals surface area (Å²) in [5.74, 6) is -3.73. The SMILES string of the molecule is C[C@H](NC(=O)CNC(=O)[C@H](Cc1ccccc1)NC(=O)[C@H](Cc1c[nH]c2ccccc12)NC(=O)[C@@H](N)Cc1ccccc1)C(=O)O. The van der Waals surface area contributed by atoms with Crippen molar-refractivity contribution in [2.24, 2.45) is 5.73 Å². The Balaban J connectivity index is 1.53. The molecule has 0 saturated heterocycles. The Morgan fingerprint density at radius 3 is 1.93 bits per heavy atom. The number of H-pyrrole nitrogens is 1. The molecule has 4 amide bonds. The molecule has 0 spiro atoms. The fraction of sp³-hybridized carbons (Fsp3) is 0.265. The van der Waals surface area contributed by atoms with Gasteiger partial charge in [-0.1, -0.05) is 78.9 Å². The van der Waals surface area contributed by atoms with Gasteiger partial charge in [-0.15, -0.1) is 0 Å². The number of carbonyl (C=O) groups excluding carboxylic acids is 4. The van der Waals surface area contributed by atoms with Crippen LogP contribution in [0.2, 0.25) is 0 Å². The predicted molar refractivity (Wildman–Crippen MR) is 172 cm³/mol. The van der Waals surface area contributed by atoms with E-state index in [-0.39, 0.29) is 19.3 Å². The lowest BCUT2D eigenvalue weighted by atomic mass is 10.0. The fourth-order valence-corrected chi connectivity index (χ4v) is 4.95. The van der Waals surface area contributed by atoms with E-state index in [2.05, 4.69) is 26.3 Å². The molecule has 8 N–H and O–H groups in total. The number of para-hydroxylation sites is 1. The zero-order valence-corrected chi connectivity index (χ0v) is 25.4. The topological polar surface area (TPSA) is 196 Å². The van der Waals surface area contributed by atoms with Crippen molar-refractivity contribution in [3.8, 4) is 0 Å². The van der Waals surface area contributed by atoms with Crippen LogP contribution in [0.5, 0.6) is 0 Å². The van der Waals surface area contributed by atoms with Crippen LogP contribution in [0.1, 0.15) is 23.6 Å². The summed E-state index contributed by atoms with van der Waals surface area (Å²) >= 11 is 0. The van der Waals surface area contributed by atoms with Gasteiger partial charge in [-0.2, -0.15) is 0 Å². The number of aromatic nitrogens is 1. The Labute approximate surface area is 266 Å². The summed E-state index contributed by atoms with van der Waals surface area (Å²) in [5, 5.41) is 20.2. The van der Waals surface area contributed by atoms with Gasteiger partial charge in [0.15, 0.2) is 0 Å². The van der Waals surface area contributed by atoms with Crippen LogP contribution in [-0.2, 0) is 43.2 Å². The number of nitrogens with two attached hydrogens (primary N) is 1. The zero-order chi connectivity index (χ0) is 33.1. The van der Waals surface area contributed by atoms with Crippen molar-refractivity contribution in [3.05, 3.63) is 108 Å². The van der Waals surface area contributed by atoms with Crippen LogP contribution < -0.4 is 27.0 Å². The van der Waals surface area contributed by atoms with Gasteiger partial charge in [0.2, 0.25) is 23.6 Å². The van der Waals surface area contributed by atoms with E-state index in [1.165, 1.54) is 6.92 Å². The van der Waals surface area contributed by atoms with E-state index >= 15 is 0 Å². The van der Waals surface area contributed by atoms with Gasteiger partial charge < -0.3 is 37.1 Å². The summed E-state index contributed by atoms with van der Waals surface area (Å²) < 4.78 is 0. The molecule has 0 saturated carbocycles. The smallest absolute Gasteiger partial charge is 0.325 e. The molecule has 3 aromatic carbocycles. The van der Waals surface area contributed by atoms with E-state index in [0.717, 1.165) is 27.6 Å². The van der Waals surface area contributed by atoms with Crippen molar-refractivity contribution in [3.63, 3.8) is 0 Å². The van der Waals surface area contributed by atoms with E-state index < -0.39 is 60.3 Å². The minimum atomic E-state index is -1.22. The Hall–Kier alpha value is -5.49. The molecule has 240 valence electrons. The van der Waals surface area contributed by atoms with Gasteiger partial charge in [0.1, 0.15) is 18.1 Å². The highest BCUT2D eigenvalue weighted by molar-refractivity contribution is 5.95. The first-order chi connectivity index (χ1) is 22.1. The third-order valence-corrected chi connectivity index (χ3v) is 7.45. The molecule has 0 fully saturated rings. The fourth-order valence-electron chi connectivity index (χ4n) is 4.95. The van der Waals surface area contributed by atoms with E-state index in [1.54, 1.807) is 30.5 Å². The number of rotatable bonds is 15. The molecule has 0 unspecified atom stereocenters. The van der Waals surface area contributed by atoms with Gasteiger partial charge >= 0.3 is 5.97 Å². The number of fused-ring (bicyclic) bond motifs is 1. The summed E-state index contributed by atoms with van der Waals surface area (Å²) in [4.78, 5) is 67.0. The highest BCUT2D eigenvalue weighted by Gasteiger charge is 2.29. The number of carbonyl (C=O) groups is 5. The number of carboxylic acids is 1. The van der Waals surface area contributed by atoms with Crippen molar-refractivity contribution in [2.45, 2.75) is 50.4 Å². The normalized spacial score (nSPS) is 13.5. The van der Waals surface area contributed by atoms with Gasteiger partial charge in [0.05, 0.1) is 12.6 Å². The first-order valence-electron chi connectivity index (χ1n) is 14.9. The third-order valence-electron chi connectivity index (χ3n) is 7.45. The minimum Gasteiger partial charge on any atom is -0.480 e. The van der Waals surface area contributed by atoms with Crippen LogP contribution >= 0.6 is 0 Å². The monoisotopic (exact) mass is 626 g/mol. The van der Waals surface area contributed by atoms with Crippen LogP contribution in [0.25, 0.3) is 10.9 Å². The van der Waals surface area contributed by atoms with Gasteiger partial charge in [-0.3, -0.25) is 24.0 Å².